The lowest BCUT2D eigenvalue weighted by Gasteiger charge is -2.29. The second kappa shape index (κ2) is 7.73. The molecule has 0 radical (unpaired) electrons. The molecule has 0 amide bonds. The molecule has 1 aliphatic carbocycles. The highest BCUT2D eigenvalue weighted by Gasteiger charge is 2.29. The van der Waals surface area contributed by atoms with E-state index in [1.54, 1.807) is 16.7 Å². The molecule has 5 rings (SSSR count). The number of hydrogen-bond acceptors (Lipinski definition) is 5. The Morgan fingerprint density at radius 1 is 1.00 bits per heavy atom. The third kappa shape index (κ3) is 3.83. The summed E-state index contributed by atoms with van der Waals surface area (Å²) in [6.45, 7) is 1.04. The van der Waals surface area contributed by atoms with Crippen LogP contribution in [0.2, 0.25) is 0 Å². The van der Waals surface area contributed by atoms with Crippen LogP contribution in [0.3, 0.4) is 0 Å². The first kappa shape index (κ1) is 20.2. The molecule has 0 bridgehead atoms. The first-order valence-corrected chi connectivity index (χ1v) is 12.5. The number of aryl methyl sites for hydroxylation is 1. The van der Waals surface area contributed by atoms with Gasteiger partial charge in [0.25, 0.3) is 0 Å². The maximum absolute atomic E-state index is 11.9. The molecule has 1 N–H and O–H groups in total. The van der Waals surface area contributed by atoms with Gasteiger partial charge in [0.2, 0.25) is 10.0 Å². The van der Waals surface area contributed by atoms with Crippen LogP contribution in [0, 0.1) is 5.41 Å². The van der Waals surface area contributed by atoms with Gasteiger partial charge in [-0.15, -0.1) is 0 Å². The highest BCUT2D eigenvalue weighted by atomic mass is 32.2. The predicted molar refractivity (Wildman–Crippen MR) is 121 cm³/mol. The van der Waals surface area contributed by atoms with E-state index in [1.807, 2.05) is 18.2 Å². The summed E-state index contributed by atoms with van der Waals surface area (Å²) in [4.78, 5) is 4.13. The Morgan fingerprint density at radius 2 is 1.74 bits per heavy atom. The number of benzene rings is 1. The summed E-state index contributed by atoms with van der Waals surface area (Å²) in [7, 11) is -3.15. The van der Waals surface area contributed by atoms with E-state index in [9.17, 15) is 8.42 Å². The number of aromatic nitrogens is 1. The number of piperidine rings is 1. The predicted octanol–water partition coefficient (Wildman–Crippen LogP) is 4.46. The van der Waals surface area contributed by atoms with Crippen LogP contribution in [0.15, 0.2) is 53.2 Å². The number of fused-ring (bicyclic) bond motifs is 1. The van der Waals surface area contributed by atoms with E-state index in [-0.39, 0.29) is 5.92 Å². The smallest absolute Gasteiger partial charge is 0.211 e. The van der Waals surface area contributed by atoms with Crippen molar-refractivity contribution in [2.45, 2.75) is 31.6 Å². The van der Waals surface area contributed by atoms with Gasteiger partial charge in [0.15, 0.2) is 0 Å². The number of rotatable bonds is 4. The van der Waals surface area contributed by atoms with Crippen molar-refractivity contribution in [2.24, 2.45) is 0 Å². The van der Waals surface area contributed by atoms with Crippen LogP contribution in [0.5, 0.6) is 0 Å². The minimum absolute atomic E-state index is 0.190. The maximum atomic E-state index is 11.9. The van der Waals surface area contributed by atoms with Gasteiger partial charge < -0.3 is 9.83 Å². The highest BCUT2D eigenvalue weighted by molar-refractivity contribution is 7.88. The van der Waals surface area contributed by atoms with Crippen molar-refractivity contribution in [1.82, 2.24) is 9.29 Å². The number of hydrogen-bond donors (Lipinski definition) is 1. The zero-order chi connectivity index (χ0) is 21.6. The van der Waals surface area contributed by atoms with Crippen LogP contribution in [0.1, 0.15) is 42.1 Å². The summed E-state index contributed by atoms with van der Waals surface area (Å²) >= 11 is 0. The molecular weight excluding hydrogens is 410 g/mol. The zero-order valence-corrected chi connectivity index (χ0v) is 18.3. The number of nitrogens with zero attached hydrogens (tertiary/aromatic N) is 2. The van der Waals surface area contributed by atoms with Gasteiger partial charge in [0.05, 0.1) is 6.26 Å². The monoisotopic (exact) mass is 435 g/mol. The van der Waals surface area contributed by atoms with Crippen LogP contribution < -0.4 is 0 Å². The van der Waals surface area contributed by atoms with Gasteiger partial charge in [-0.1, -0.05) is 18.2 Å². The van der Waals surface area contributed by atoms with Gasteiger partial charge in [-0.25, -0.2) is 12.7 Å². The molecule has 2 aliphatic rings. The number of sulfonamides is 1. The Labute approximate surface area is 182 Å². The van der Waals surface area contributed by atoms with Crippen molar-refractivity contribution in [3.05, 3.63) is 65.7 Å². The number of nitrogens with one attached hydrogen (secondary N) is 1. The number of pyridine rings is 1. The molecule has 3 aromatic rings. The normalized spacial score (nSPS) is 17.8. The van der Waals surface area contributed by atoms with Crippen molar-refractivity contribution >= 4 is 15.7 Å². The van der Waals surface area contributed by atoms with Crippen molar-refractivity contribution < 1.29 is 12.8 Å². The first-order chi connectivity index (χ1) is 14.9. The van der Waals surface area contributed by atoms with E-state index in [0.29, 0.717) is 18.8 Å². The summed E-state index contributed by atoms with van der Waals surface area (Å²) in [5.41, 5.74) is 6.06. The summed E-state index contributed by atoms with van der Waals surface area (Å²) in [6.07, 6.45) is 7.99. The molecule has 0 unspecified atom stereocenters. The molecule has 6 nitrogen and oxygen atoms in total. The van der Waals surface area contributed by atoms with Gasteiger partial charge in [-0.2, -0.15) is 0 Å². The summed E-state index contributed by atoms with van der Waals surface area (Å²) in [6, 6.07) is 12.3. The molecule has 0 atom stereocenters. The molecule has 1 aliphatic heterocycles. The topological polar surface area (TPSA) is 87.3 Å². The Morgan fingerprint density at radius 3 is 2.45 bits per heavy atom. The van der Waals surface area contributed by atoms with Crippen molar-refractivity contribution in [1.29, 1.82) is 5.41 Å². The summed E-state index contributed by atoms with van der Waals surface area (Å²) in [5, 5.41) is 8.11. The highest BCUT2D eigenvalue weighted by Crippen LogP contribution is 2.41. The van der Waals surface area contributed by atoms with Crippen molar-refractivity contribution in [3.8, 4) is 22.5 Å². The lowest BCUT2D eigenvalue weighted by atomic mass is 9.93. The fourth-order valence-corrected chi connectivity index (χ4v) is 5.55. The van der Waals surface area contributed by atoms with Crippen LogP contribution in [0.4, 0.5) is 0 Å². The van der Waals surface area contributed by atoms with Gasteiger partial charge in [0, 0.05) is 48.2 Å². The Bertz CT molecular complexity index is 1240. The van der Waals surface area contributed by atoms with E-state index in [2.05, 4.69) is 23.2 Å². The van der Waals surface area contributed by atoms with E-state index < -0.39 is 10.0 Å². The fourth-order valence-electron chi connectivity index (χ4n) is 4.67. The molecule has 0 spiro atoms. The largest absolute Gasteiger partial charge is 0.460 e. The molecule has 1 fully saturated rings. The lowest BCUT2D eigenvalue weighted by molar-refractivity contribution is 0.298. The van der Waals surface area contributed by atoms with Crippen molar-refractivity contribution in [3.63, 3.8) is 0 Å². The van der Waals surface area contributed by atoms with Gasteiger partial charge >= 0.3 is 0 Å². The molecular formula is C24H25N3O3S. The zero-order valence-electron chi connectivity index (χ0n) is 17.5. The molecule has 2 aromatic heterocycles. The molecule has 1 aromatic carbocycles. The molecule has 31 heavy (non-hydrogen) atoms. The van der Waals surface area contributed by atoms with Gasteiger partial charge in [-0.3, -0.25) is 4.98 Å². The summed E-state index contributed by atoms with van der Waals surface area (Å²) < 4.78 is 31.7. The lowest BCUT2D eigenvalue weighted by Crippen LogP contribution is -2.37. The summed E-state index contributed by atoms with van der Waals surface area (Å²) in [5.74, 6) is 1.91. The first-order valence-electron chi connectivity index (χ1n) is 10.6. The van der Waals surface area contributed by atoms with Gasteiger partial charge in [-0.05, 0) is 60.6 Å². The minimum atomic E-state index is -3.15. The molecule has 1 saturated heterocycles. The Balaban J connectivity index is 1.52. The second-order valence-electron chi connectivity index (χ2n) is 8.41. The van der Waals surface area contributed by atoms with Crippen LogP contribution in [-0.2, 0) is 16.4 Å². The quantitative estimate of drug-likeness (QED) is 0.655. The molecule has 7 heteroatoms. The van der Waals surface area contributed by atoms with Crippen molar-refractivity contribution in [2.75, 3.05) is 19.3 Å². The van der Waals surface area contributed by atoms with E-state index in [0.717, 1.165) is 59.5 Å². The third-order valence-corrected chi connectivity index (χ3v) is 7.71. The van der Waals surface area contributed by atoms with Crippen LogP contribution in [-0.4, -0.2) is 42.8 Å². The fraction of sp³-hybridized carbons (Fsp3) is 0.333. The minimum Gasteiger partial charge on any atom is -0.460 e. The van der Waals surface area contributed by atoms with E-state index >= 15 is 0 Å². The van der Waals surface area contributed by atoms with Crippen LogP contribution >= 0.6 is 0 Å². The molecule has 160 valence electrons. The molecule has 3 heterocycles. The SMILES string of the molecule is CS(=O)(=O)N1CCC(c2cc(-c3ccc4c(c3)CCC4=N)c(-c3ccncc3)o2)CC1. The number of furan rings is 1. The average Bonchev–Trinajstić information content (AvgIpc) is 3.38. The maximum Gasteiger partial charge on any atom is 0.211 e. The standard InChI is InChI=1S/C24H25N3O3S/c1-31(28,29)27-12-8-16(9-13-27)23-15-21(24(30-23)17-6-10-26-11-7-17)19-2-4-20-18(14-19)3-5-22(20)25/h2,4,6-7,10-11,14-16,25H,3,5,8-9,12-13H2,1H3. The van der Waals surface area contributed by atoms with E-state index in [1.165, 1.54) is 11.8 Å². The van der Waals surface area contributed by atoms with E-state index in [4.69, 9.17) is 9.83 Å². The Kier molecular flexibility index (Phi) is 5.02. The van der Waals surface area contributed by atoms with Crippen LogP contribution in [0.25, 0.3) is 22.5 Å². The molecule has 0 saturated carbocycles. The second-order valence-corrected chi connectivity index (χ2v) is 10.4. The third-order valence-electron chi connectivity index (χ3n) is 6.40. The average molecular weight is 436 g/mol. The Hall–Kier alpha value is -2.77. The van der Waals surface area contributed by atoms with Gasteiger partial charge in [0.1, 0.15) is 11.5 Å².